The van der Waals surface area contributed by atoms with Crippen LogP contribution in [-0.4, -0.2) is 132 Å². The highest BCUT2D eigenvalue weighted by atomic mass is 32.2. The highest BCUT2D eigenvalue weighted by Crippen LogP contribution is 2.36. The number of hydrogen-bond acceptors (Lipinski definition) is 14. The Morgan fingerprint density at radius 2 is 1.31 bits per heavy atom. The molecule has 3 aromatic heterocycles. The molecule has 2 aliphatic heterocycles. The number of piperazine rings is 2. The van der Waals surface area contributed by atoms with Crippen LogP contribution in [0.1, 0.15) is 58.3 Å². The molecule has 7 rings (SSSR count). The number of rotatable bonds is 16. The van der Waals surface area contributed by atoms with Gasteiger partial charge in [-0.3, -0.25) is 14.3 Å². The number of carbonyl (C=O) groups excluding carboxylic acids is 1. The van der Waals surface area contributed by atoms with Crippen LogP contribution in [0, 0.1) is 5.41 Å². The van der Waals surface area contributed by atoms with Crippen molar-refractivity contribution in [2.24, 2.45) is 7.05 Å². The van der Waals surface area contributed by atoms with E-state index < -0.39 is 0 Å². The lowest BCUT2D eigenvalue weighted by molar-refractivity contribution is 0.122. The van der Waals surface area contributed by atoms with Gasteiger partial charge >= 0.3 is 6.03 Å². The summed E-state index contributed by atoms with van der Waals surface area (Å²) >= 11 is 3.22. The number of H-pyrrole nitrogens is 2. The van der Waals surface area contributed by atoms with Gasteiger partial charge in [-0.05, 0) is 87.0 Å². The Morgan fingerprint density at radius 3 is 1.81 bits per heavy atom. The lowest BCUT2D eigenvalue weighted by Crippen LogP contribution is -2.55. The first-order chi connectivity index (χ1) is 30.0. The van der Waals surface area contributed by atoms with Gasteiger partial charge in [0.05, 0.1) is 35.7 Å². The number of fused-ring (bicyclic) bond motifs is 1. The number of nitrogens with one attached hydrogen (secondary N) is 4. The van der Waals surface area contributed by atoms with Crippen LogP contribution in [0.25, 0.3) is 33.8 Å². The highest BCUT2D eigenvalue weighted by molar-refractivity contribution is 7.97. The number of aromatic nitrogens is 6. The SMILES string of the molecule is CCCC(=N)c1nc(-c2cc(SN3CCN(C(=O)N4CCN(Sc5ccc(OCC)c(-c6nc7c(CCC)nn(C)c7c(=O)[nH]6)c5)CC4)CC3)ccc2OCC)[nH]c(=O)c1NC. The number of benzene rings is 2. The number of hydrogen-bond donors (Lipinski definition) is 4. The van der Waals surface area contributed by atoms with Gasteiger partial charge in [-0.15, -0.1) is 0 Å². The highest BCUT2D eigenvalue weighted by Gasteiger charge is 2.29. The number of ether oxygens (including phenoxy) is 2. The Labute approximate surface area is 369 Å². The Morgan fingerprint density at radius 1 is 0.774 bits per heavy atom. The number of anilines is 1. The quantitative estimate of drug-likeness (QED) is 0.0657. The van der Waals surface area contributed by atoms with Gasteiger partial charge in [0.25, 0.3) is 11.1 Å². The lowest BCUT2D eigenvalue weighted by atomic mass is 10.1. The maximum Gasteiger partial charge on any atom is 0.320 e. The lowest BCUT2D eigenvalue weighted by Gasteiger charge is -2.40. The second kappa shape index (κ2) is 20.2. The van der Waals surface area contributed by atoms with Crippen LogP contribution in [0.4, 0.5) is 10.5 Å². The molecule has 2 amide bonds. The van der Waals surface area contributed by atoms with Crippen LogP contribution in [0.2, 0.25) is 0 Å². The Kier molecular flexibility index (Phi) is 14.6. The van der Waals surface area contributed by atoms with Gasteiger partial charge in [0, 0.05) is 76.2 Å². The molecule has 2 aliphatic rings. The van der Waals surface area contributed by atoms with Crippen LogP contribution < -0.4 is 25.9 Å². The first-order valence-electron chi connectivity index (χ1n) is 21.3. The Hall–Kier alpha value is -5.37. The van der Waals surface area contributed by atoms with Crippen LogP contribution in [0.5, 0.6) is 11.5 Å². The topological polar surface area (TPSA) is 194 Å². The van der Waals surface area contributed by atoms with E-state index >= 15 is 0 Å². The zero-order valence-electron chi connectivity index (χ0n) is 36.3. The fourth-order valence-electron chi connectivity index (χ4n) is 7.70. The standard InChI is InChI=1S/C43H56N12O5S2/c1-7-11-31(44)35-37(45-5)41(56)48-39(46-35)29-25-27(13-15-33(29)59-9-3)61-54-21-17-52(18-22-54)43(58)53-19-23-55(24-20-53)62-28-14-16-34(60-10-4)30(26-28)40-47-36-32(12-8-2)50-51(6)38(36)42(57)49-40/h13-16,25-26,44-45H,7-12,17-24H2,1-6H3,(H,46,48,56)(H,47,49,57). The molecule has 0 atom stereocenters. The molecule has 2 saturated heterocycles. The fraction of sp³-hybridized carbons (Fsp3) is 0.465. The first kappa shape index (κ1) is 44.7. The molecule has 330 valence electrons. The smallest absolute Gasteiger partial charge is 0.320 e. The molecule has 2 aromatic carbocycles. The number of amides is 2. The van der Waals surface area contributed by atoms with Crippen LogP contribution >= 0.6 is 23.9 Å². The molecular weight excluding hydrogens is 829 g/mol. The summed E-state index contributed by atoms with van der Waals surface area (Å²) in [6, 6.07) is 11.8. The molecule has 0 aliphatic carbocycles. The summed E-state index contributed by atoms with van der Waals surface area (Å²) in [7, 11) is 3.42. The van der Waals surface area contributed by atoms with Gasteiger partial charge in [-0.25, -0.2) is 23.4 Å². The second-order valence-electron chi connectivity index (χ2n) is 15.0. The van der Waals surface area contributed by atoms with Crippen molar-refractivity contribution >= 4 is 52.4 Å². The van der Waals surface area contributed by atoms with E-state index in [4.69, 9.17) is 24.9 Å². The third kappa shape index (κ3) is 9.80. The summed E-state index contributed by atoms with van der Waals surface area (Å²) in [5.74, 6) is 2.03. The summed E-state index contributed by atoms with van der Waals surface area (Å²) < 4.78 is 18.0. The van der Waals surface area contributed by atoms with Crippen LogP contribution in [0.15, 0.2) is 55.8 Å². The molecule has 5 aromatic rings. The van der Waals surface area contributed by atoms with E-state index in [0.717, 1.165) is 34.7 Å². The van der Waals surface area contributed by atoms with Crippen molar-refractivity contribution in [2.75, 3.05) is 77.9 Å². The summed E-state index contributed by atoms with van der Waals surface area (Å²) in [5, 5.41) is 16.1. The van der Waals surface area contributed by atoms with Crippen molar-refractivity contribution in [2.45, 2.75) is 63.2 Å². The van der Waals surface area contributed by atoms with Gasteiger partial charge in [0.2, 0.25) is 0 Å². The summed E-state index contributed by atoms with van der Waals surface area (Å²) in [6.45, 7) is 14.0. The molecular formula is C43H56N12O5S2. The molecule has 0 unspecified atom stereocenters. The van der Waals surface area contributed by atoms with E-state index in [1.165, 1.54) is 0 Å². The van der Waals surface area contributed by atoms with Crippen molar-refractivity contribution in [3.8, 4) is 34.3 Å². The summed E-state index contributed by atoms with van der Waals surface area (Å²) in [5.41, 5.74) is 3.56. The van der Waals surface area contributed by atoms with Crippen LogP contribution in [-0.2, 0) is 13.5 Å². The van der Waals surface area contributed by atoms with Gasteiger partial charge in [0.1, 0.15) is 40.0 Å². The monoisotopic (exact) mass is 884 g/mol. The maximum atomic E-state index is 13.7. The molecule has 19 heteroatoms. The number of nitrogens with zero attached hydrogens (tertiary/aromatic N) is 8. The number of urea groups is 1. The molecule has 5 heterocycles. The average molecular weight is 885 g/mol. The van der Waals surface area contributed by atoms with Gasteiger partial charge in [0.15, 0.2) is 5.52 Å². The van der Waals surface area contributed by atoms with Gasteiger partial charge < -0.3 is 40.0 Å². The van der Waals surface area contributed by atoms with Crippen molar-refractivity contribution in [1.82, 2.24) is 48.1 Å². The van der Waals surface area contributed by atoms with E-state index in [0.29, 0.717) is 129 Å². The van der Waals surface area contributed by atoms with E-state index in [1.54, 1.807) is 42.7 Å². The zero-order valence-corrected chi connectivity index (χ0v) is 37.9. The molecule has 0 radical (unpaired) electrons. The van der Waals surface area contributed by atoms with Gasteiger partial charge in [-0.1, -0.05) is 26.7 Å². The van der Waals surface area contributed by atoms with Gasteiger partial charge in [-0.2, -0.15) is 5.10 Å². The summed E-state index contributed by atoms with van der Waals surface area (Å²) in [6.07, 6.45) is 2.88. The van der Waals surface area contributed by atoms with E-state index in [9.17, 15) is 14.4 Å². The molecule has 0 bridgehead atoms. The van der Waals surface area contributed by atoms with E-state index in [1.807, 2.05) is 67.0 Å². The minimum atomic E-state index is -0.342. The zero-order chi connectivity index (χ0) is 43.9. The predicted octanol–water partition coefficient (Wildman–Crippen LogP) is 6.10. The molecule has 17 nitrogen and oxygen atoms in total. The third-order valence-electron chi connectivity index (χ3n) is 10.7. The molecule has 62 heavy (non-hydrogen) atoms. The molecule has 0 saturated carbocycles. The maximum absolute atomic E-state index is 13.7. The first-order valence-corrected chi connectivity index (χ1v) is 22.9. The Balaban J connectivity index is 0.962. The Bertz CT molecular complexity index is 2530. The van der Waals surface area contributed by atoms with Crippen molar-refractivity contribution in [3.05, 3.63) is 68.5 Å². The predicted molar refractivity (Wildman–Crippen MR) is 246 cm³/mol. The fourth-order valence-corrected chi connectivity index (χ4v) is 9.59. The normalized spacial score (nSPS) is 15.0. The number of aromatic amines is 2. The van der Waals surface area contributed by atoms with Crippen LogP contribution in [0.3, 0.4) is 0 Å². The van der Waals surface area contributed by atoms with Crippen molar-refractivity contribution in [1.29, 1.82) is 5.41 Å². The third-order valence-corrected chi connectivity index (χ3v) is 12.9. The van der Waals surface area contributed by atoms with Crippen molar-refractivity contribution < 1.29 is 14.3 Å². The van der Waals surface area contributed by atoms with Crippen molar-refractivity contribution in [3.63, 3.8) is 0 Å². The van der Waals surface area contributed by atoms with E-state index in [2.05, 4.69) is 35.9 Å². The average Bonchev–Trinajstić information content (AvgIpc) is 3.59. The minimum absolute atomic E-state index is 0.0544. The minimum Gasteiger partial charge on any atom is -0.493 e. The molecule has 4 N–H and O–H groups in total. The number of carbonyl (C=O) groups is 1. The number of aryl methyl sites for hydroxylation is 2. The largest absolute Gasteiger partial charge is 0.493 e. The molecule has 0 spiro atoms. The van der Waals surface area contributed by atoms with E-state index in [-0.39, 0.29) is 22.8 Å². The summed E-state index contributed by atoms with van der Waals surface area (Å²) in [4.78, 5) is 61.4. The molecule has 2 fully saturated rings. The second-order valence-corrected chi connectivity index (χ2v) is 17.4.